The first kappa shape index (κ1) is 48.5. The zero-order chi connectivity index (χ0) is 54.8. The van der Waals surface area contributed by atoms with E-state index < -0.39 is 7.53 Å². The number of rotatable bonds is 11. The molecule has 2 heterocycles. The Morgan fingerprint density at radius 1 is 0.277 bits per heavy atom. The summed E-state index contributed by atoms with van der Waals surface area (Å²) in [6.07, 6.45) is 0. The predicted octanol–water partition coefficient (Wildman–Crippen LogP) is 22.5. The topological polar surface area (TPSA) is 11.4 Å². The van der Waals surface area contributed by atoms with Crippen LogP contribution in [0.15, 0.2) is 322 Å². The normalized spacial score (nSPS) is 12.7. The molecule has 1 atom stereocenters. The molecule has 0 bridgehead atoms. The third-order valence-corrected chi connectivity index (χ3v) is 19.4. The number of fused-ring (bicyclic) bond motifs is 9. The molecule has 15 aromatic rings. The second kappa shape index (κ2) is 20.3. The number of anilines is 6. The number of benzene rings is 13. The van der Waals surface area contributed by atoms with Crippen LogP contribution in [0.1, 0.15) is 22.6 Å². The standard InChI is InChI=1S/C79H54N3P/c1-7-23-54(24-8-1)57-39-45-77-73(47-57)74-48-58(55-25-9-2-10-26-55)40-46-78(74)83(77)66-50-64(80(59-29-13-4-14-30-59)62-41-43-70-71(52-62)67-35-19-20-37-69(67)79(70)56-27-11-3-12-28-56)49-65(51-66)81(60-31-15-5-16-32-60)63-42-44-76-72(53-63)68-36-21-22-38-75(68)82(76)61-33-17-6-18-34-61/h1-53,79H. The summed E-state index contributed by atoms with van der Waals surface area (Å²) in [5, 5.41) is 8.99. The SMILES string of the molecule is c1ccc(-c2ccc3c(c2)c2cc(-c4ccccc4)ccc2p3-c2cc(N(c3ccccc3)c3ccc4c(c3)-c3ccccc3C4c3ccccc3)cc(N(c3ccccc3)c3ccc4c(c3)c3ccccc3n4-c3ccccc3)c2)cc1. The minimum atomic E-state index is -1.09. The van der Waals surface area contributed by atoms with E-state index in [-0.39, 0.29) is 5.92 Å². The molecule has 13 aromatic carbocycles. The van der Waals surface area contributed by atoms with Crippen molar-refractivity contribution >= 4 is 84.5 Å². The van der Waals surface area contributed by atoms with Gasteiger partial charge in [-0.1, -0.05) is 214 Å². The van der Waals surface area contributed by atoms with Crippen LogP contribution < -0.4 is 9.80 Å². The number of aromatic nitrogens is 1. The van der Waals surface area contributed by atoms with Crippen molar-refractivity contribution < 1.29 is 0 Å². The highest BCUT2D eigenvalue weighted by atomic mass is 31.1. The van der Waals surface area contributed by atoms with Gasteiger partial charge >= 0.3 is 0 Å². The van der Waals surface area contributed by atoms with Gasteiger partial charge in [0.25, 0.3) is 0 Å². The highest BCUT2D eigenvalue weighted by Crippen LogP contribution is 2.59. The molecule has 1 unspecified atom stereocenters. The molecule has 0 amide bonds. The lowest BCUT2D eigenvalue weighted by Gasteiger charge is -2.31. The van der Waals surface area contributed by atoms with Gasteiger partial charge in [-0.3, -0.25) is 0 Å². The van der Waals surface area contributed by atoms with Crippen LogP contribution in [0.3, 0.4) is 0 Å². The molecular weight excluding hydrogens is 1020 g/mol. The van der Waals surface area contributed by atoms with Gasteiger partial charge in [0, 0.05) is 72.0 Å². The van der Waals surface area contributed by atoms with E-state index in [0.29, 0.717) is 0 Å². The van der Waals surface area contributed by atoms with E-state index in [1.165, 1.54) is 98.2 Å². The first-order valence-electron chi connectivity index (χ1n) is 28.6. The Morgan fingerprint density at radius 3 is 1.37 bits per heavy atom. The van der Waals surface area contributed by atoms with E-state index in [4.69, 9.17) is 0 Å². The fourth-order valence-electron chi connectivity index (χ4n) is 13.2. The average molecular weight is 1080 g/mol. The fraction of sp³-hybridized carbons (Fsp3) is 0.0127. The zero-order valence-corrected chi connectivity index (χ0v) is 46.4. The van der Waals surface area contributed by atoms with E-state index in [1.807, 2.05) is 0 Å². The molecule has 0 aliphatic heterocycles. The predicted molar refractivity (Wildman–Crippen MR) is 353 cm³/mol. The van der Waals surface area contributed by atoms with Crippen molar-refractivity contribution in [1.29, 1.82) is 0 Å². The summed E-state index contributed by atoms with van der Waals surface area (Å²) in [7, 11) is -1.09. The lowest BCUT2D eigenvalue weighted by Crippen LogP contribution is -2.13. The maximum Gasteiger partial charge on any atom is 0.0542 e. The van der Waals surface area contributed by atoms with Crippen molar-refractivity contribution in [3.63, 3.8) is 0 Å². The van der Waals surface area contributed by atoms with Crippen molar-refractivity contribution in [1.82, 2.24) is 4.57 Å². The van der Waals surface area contributed by atoms with E-state index in [1.54, 1.807) is 0 Å². The van der Waals surface area contributed by atoms with Crippen molar-refractivity contribution in [3.8, 4) is 44.4 Å². The first-order chi connectivity index (χ1) is 41.2. The third kappa shape index (κ3) is 8.36. The fourth-order valence-corrected chi connectivity index (χ4v) is 15.9. The van der Waals surface area contributed by atoms with E-state index >= 15 is 0 Å². The van der Waals surface area contributed by atoms with Crippen LogP contribution in [0.5, 0.6) is 0 Å². The molecular formula is C79H54N3P. The van der Waals surface area contributed by atoms with Gasteiger partial charge < -0.3 is 14.4 Å². The Morgan fingerprint density at radius 2 is 0.759 bits per heavy atom. The van der Waals surface area contributed by atoms with Gasteiger partial charge in [-0.15, -0.1) is 0 Å². The summed E-state index contributed by atoms with van der Waals surface area (Å²) in [4.78, 5) is 4.98. The summed E-state index contributed by atoms with van der Waals surface area (Å²) < 4.78 is 2.40. The molecule has 0 fully saturated rings. The molecule has 0 spiro atoms. The lowest BCUT2D eigenvalue weighted by atomic mass is 9.89. The van der Waals surface area contributed by atoms with E-state index in [2.05, 4.69) is 336 Å². The molecule has 390 valence electrons. The largest absolute Gasteiger partial charge is 0.310 e. The van der Waals surface area contributed by atoms with Crippen molar-refractivity contribution in [2.24, 2.45) is 0 Å². The van der Waals surface area contributed by atoms with Gasteiger partial charge in [0.15, 0.2) is 0 Å². The zero-order valence-electron chi connectivity index (χ0n) is 45.5. The van der Waals surface area contributed by atoms with Gasteiger partial charge in [0.2, 0.25) is 0 Å². The van der Waals surface area contributed by atoms with Gasteiger partial charge in [-0.05, 0) is 176 Å². The van der Waals surface area contributed by atoms with Crippen molar-refractivity contribution in [2.45, 2.75) is 5.92 Å². The smallest absolute Gasteiger partial charge is 0.0542 e. The molecule has 2 aromatic heterocycles. The Balaban J connectivity index is 0.973. The second-order valence-electron chi connectivity index (χ2n) is 21.7. The van der Waals surface area contributed by atoms with Gasteiger partial charge in [-0.25, -0.2) is 0 Å². The first-order valence-corrected chi connectivity index (χ1v) is 29.9. The molecule has 0 saturated heterocycles. The highest BCUT2D eigenvalue weighted by molar-refractivity contribution is 7.68. The van der Waals surface area contributed by atoms with Crippen LogP contribution in [0, 0.1) is 0 Å². The van der Waals surface area contributed by atoms with Gasteiger partial charge in [0.05, 0.1) is 11.0 Å². The Kier molecular flexibility index (Phi) is 11.8. The van der Waals surface area contributed by atoms with Crippen LogP contribution >= 0.6 is 7.53 Å². The van der Waals surface area contributed by atoms with Crippen LogP contribution in [-0.4, -0.2) is 4.57 Å². The van der Waals surface area contributed by atoms with Crippen LogP contribution in [0.25, 0.3) is 87.2 Å². The molecule has 0 radical (unpaired) electrons. The molecule has 16 rings (SSSR count). The highest BCUT2D eigenvalue weighted by Gasteiger charge is 2.31. The minimum absolute atomic E-state index is 0.144. The Bertz CT molecular complexity index is 4800. The van der Waals surface area contributed by atoms with Crippen molar-refractivity contribution in [3.05, 3.63) is 338 Å². The number of hydrogen-bond donors (Lipinski definition) is 0. The number of nitrogens with zero attached hydrogens (tertiary/aromatic N) is 3. The summed E-state index contributed by atoms with van der Waals surface area (Å²) in [5.41, 5.74) is 21.4. The van der Waals surface area contributed by atoms with Gasteiger partial charge in [0.1, 0.15) is 0 Å². The maximum absolute atomic E-state index is 2.51. The molecule has 0 saturated carbocycles. The molecule has 1 aliphatic rings. The molecule has 4 heteroatoms. The van der Waals surface area contributed by atoms with Crippen molar-refractivity contribution in [2.75, 3.05) is 9.80 Å². The second-order valence-corrected chi connectivity index (χ2v) is 23.8. The summed E-state index contributed by atoms with van der Waals surface area (Å²) in [5.74, 6) is 0.144. The minimum Gasteiger partial charge on any atom is -0.310 e. The average Bonchev–Trinajstić information content (AvgIpc) is 3.05. The summed E-state index contributed by atoms with van der Waals surface area (Å²) in [6, 6.07) is 119. The maximum atomic E-state index is 2.51. The van der Waals surface area contributed by atoms with Gasteiger partial charge in [-0.2, -0.15) is 0 Å². The van der Waals surface area contributed by atoms with E-state index in [0.717, 1.165) is 39.8 Å². The quantitative estimate of drug-likeness (QED) is 0.128. The summed E-state index contributed by atoms with van der Waals surface area (Å²) >= 11 is 0. The van der Waals surface area contributed by atoms with E-state index in [9.17, 15) is 0 Å². The lowest BCUT2D eigenvalue weighted by molar-refractivity contribution is 1.01. The Labute approximate surface area is 484 Å². The molecule has 83 heavy (non-hydrogen) atoms. The van der Waals surface area contributed by atoms with Crippen LogP contribution in [0.4, 0.5) is 34.1 Å². The summed E-state index contributed by atoms with van der Waals surface area (Å²) in [6.45, 7) is 0. The van der Waals surface area contributed by atoms with Crippen LogP contribution in [-0.2, 0) is 0 Å². The molecule has 3 nitrogen and oxygen atoms in total. The molecule has 1 aliphatic carbocycles. The Hall–Kier alpha value is -10.4. The van der Waals surface area contributed by atoms with Crippen LogP contribution in [0.2, 0.25) is 0 Å². The molecule has 0 N–H and O–H groups in total. The monoisotopic (exact) mass is 1080 g/mol. The number of hydrogen-bond acceptors (Lipinski definition) is 2. The third-order valence-electron chi connectivity index (χ3n) is 16.9. The number of para-hydroxylation sites is 4.